The summed E-state index contributed by atoms with van der Waals surface area (Å²) in [5.74, 6) is 5.13. The number of carbonyl (C=O) groups is 1. The summed E-state index contributed by atoms with van der Waals surface area (Å²) < 4.78 is 7.76. The molecule has 0 aliphatic carbocycles. The molecule has 0 saturated heterocycles. The number of fused-ring (bicyclic) bond motifs is 1. The molecule has 0 saturated carbocycles. The highest BCUT2D eigenvalue weighted by atomic mass is 32.1. The van der Waals surface area contributed by atoms with Crippen molar-refractivity contribution in [3.05, 3.63) is 57.7 Å². The number of amides is 1. The van der Waals surface area contributed by atoms with Gasteiger partial charge in [0.05, 0.1) is 17.5 Å². The summed E-state index contributed by atoms with van der Waals surface area (Å²) in [7, 11) is 0. The molecule has 7 heteroatoms. The Morgan fingerprint density at radius 2 is 2.30 bits per heavy atom. The second-order valence-corrected chi connectivity index (χ2v) is 5.17. The van der Waals surface area contributed by atoms with Gasteiger partial charge in [0.2, 0.25) is 0 Å². The molecule has 6 nitrogen and oxygen atoms in total. The number of rotatable bonds is 3. The van der Waals surface area contributed by atoms with E-state index in [2.05, 4.69) is 0 Å². The van der Waals surface area contributed by atoms with Gasteiger partial charge in [-0.15, -0.1) is 11.3 Å². The summed E-state index contributed by atoms with van der Waals surface area (Å²) in [6, 6.07) is 5.25. The number of furan rings is 1. The Bertz CT molecular complexity index is 831. The molecule has 0 bridgehead atoms. The standard InChI is InChI=1S/C13H11N3O3S/c14-15-12(17)8-5-9(19-7-8)6-16-3-1-11-10(13(16)18)2-4-20-11/h1-5,7H,6,14H2,(H,15,17). The number of nitrogen functional groups attached to an aromatic ring is 1. The monoisotopic (exact) mass is 289 g/mol. The van der Waals surface area contributed by atoms with Crippen LogP contribution in [-0.4, -0.2) is 10.5 Å². The number of aromatic nitrogens is 1. The molecule has 1 amide bonds. The Labute approximate surface area is 117 Å². The van der Waals surface area contributed by atoms with Gasteiger partial charge in [0, 0.05) is 10.9 Å². The Morgan fingerprint density at radius 3 is 3.10 bits per heavy atom. The van der Waals surface area contributed by atoms with Gasteiger partial charge in [-0.2, -0.15) is 0 Å². The fourth-order valence-electron chi connectivity index (χ4n) is 1.97. The Morgan fingerprint density at radius 1 is 1.45 bits per heavy atom. The van der Waals surface area contributed by atoms with E-state index in [0.29, 0.717) is 16.7 Å². The molecule has 20 heavy (non-hydrogen) atoms. The van der Waals surface area contributed by atoms with Gasteiger partial charge in [0.15, 0.2) is 0 Å². The zero-order valence-electron chi connectivity index (χ0n) is 10.3. The fraction of sp³-hybridized carbons (Fsp3) is 0.0769. The molecule has 0 aliphatic heterocycles. The maximum Gasteiger partial charge on any atom is 0.268 e. The van der Waals surface area contributed by atoms with Crippen LogP contribution in [0.15, 0.2) is 45.3 Å². The molecule has 0 aromatic carbocycles. The summed E-state index contributed by atoms with van der Waals surface area (Å²) in [5, 5.41) is 2.57. The third-order valence-electron chi connectivity index (χ3n) is 2.97. The summed E-state index contributed by atoms with van der Waals surface area (Å²) in [4.78, 5) is 23.5. The average Bonchev–Trinajstić information content (AvgIpc) is 3.10. The van der Waals surface area contributed by atoms with Gasteiger partial charge in [-0.3, -0.25) is 15.0 Å². The van der Waals surface area contributed by atoms with Gasteiger partial charge in [0.1, 0.15) is 12.0 Å². The summed E-state index contributed by atoms with van der Waals surface area (Å²) in [5.41, 5.74) is 2.27. The van der Waals surface area contributed by atoms with Crippen LogP contribution in [0.25, 0.3) is 10.1 Å². The van der Waals surface area contributed by atoms with Crippen molar-refractivity contribution < 1.29 is 9.21 Å². The smallest absolute Gasteiger partial charge is 0.268 e. The van der Waals surface area contributed by atoms with Crippen LogP contribution in [0.3, 0.4) is 0 Å². The van der Waals surface area contributed by atoms with E-state index in [0.717, 1.165) is 4.70 Å². The summed E-state index contributed by atoms with van der Waals surface area (Å²) in [6.07, 6.45) is 3.03. The first-order valence-electron chi connectivity index (χ1n) is 5.84. The molecule has 0 atom stereocenters. The third kappa shape index (κ3) is 2.13. The number of pyridine rings is 1. The highest BCUT2D eigenvalue weighted by Gasteiger charge is 2.10. The van der Waals surface area contributed by atoms with E-state index in [1.54, 1.807) is 18.3 Å². The van der Waals surface area contributed by atoms with Crippen molar-refractivity contribution in [3.8, 4) is 0 Å². The fourth-order valence-corrected chi connectivity index (χ4v) is 2.74. The number of nitrogens with two attached hydrogens (primary N) is 1. The molecule has 0 radical (unpaired) electrons. The van der Waals surface area contributed by atoms with E-state index >= 15 is 0 Å². The summed E-state index contributed by atoms with van der Waals surface area (Å²) >= 11 is 1.52. The van der Waals surface area contributed by atoms with Gasteiger partial charge in [-0.05, 0) is 23.6 Å². The Hall–Kier alpha value is -2.38. The van der Waals surface area contributed by atoms with Gasteiger partial charge in [-0.25, -0.2) is 5.84 Å². The van der Waals surface area contributed by atoms with E-state index in [4.69, 9.17) is 10.3 Å². The van der Waals surface area contributed by atoms with Crippen LogP contribution in [0.2, 0.25) is 0 Å². The first-order valence-corrected chi connectivity index (χ1v) is 6.72. The second kappa shape index (κ2) is 4.95. The normalized spacial score (nSPS) is 10.8. The highest BCUT2D eigenvalue weighted by molar-refractivity contribution is 7.17. The lowest BCUT2D eigenvalue weighted by atomic mass is 10.3. The van der Waals surface area contributed by atoms with Crippen molar-refractivity contribution >= 4 is 27.3 Å². The largest absolute Gasteiger partial charge is 0.467 e. The maximum atomic E-state index is 12.2. The van der Waals surface area contributed by atoms with Crippen LogP contribution in [0.5, 0.6) is 0 Å². The van der Waals surface area contributed by atoms with E-state index in [9.17, 15) is 9.59 Å². The van der Waals surface area contributed by atoms with E-state index in [1.165, 1.54) is 22.2 Å². The van der Waals surface area contributed by atoms with E-state index in [1.807, 2.05) is 16.9 Å². The zero-order valence-corrected chi connectivity index (χ0v) is 11.1. The lowest BCUT2D eigenvalue weighted by Gasteiger charge is -2.02. The molecular formula is C13H11N3O3S. The number of hydrogen-bond donors (Lipinski definition) is 2. The molecule has 0 aliphatic rings. The number of nitrogens with zero attached hydrogens (tertiary/aromatic N) is 1. The number of nitrogens with one attached hydrogen (secondary N) is 1. The quantitative estimate of drug-likeness (QED) is 0.432. The van der Waals surface area contributed by atoms with Crippen molar-refractivity contribution in [2.24, 2.45) is 5.84 Å². The molecule has 0 spiro atoms. The van der Waals surface area contributed by atoms with Crippen LogP contribution < -0.4 is 16.8 Å². The van der Waals surface area contributed by atoms with Crippen molar-refractivity contribution in [3.63, 3.8) is 0 Å². The number of carbonyl (C=O) groups excluding carboxylic acids is 1. The predicted octanol–water partition coefficient (Wildman–Crippen LogP) is 1.31. The topological polar surface area (TPSA) is 90.3 Å². The SMILES string of the molecule is NNC(=O)c1coc(Cn2ccc3sccc3c2=O)c1. The van der Waals surface area contributed by atoms with Crippen molar-refractivity contribution in [1.82, 2.24) is 9.99 Å². The molecule has 3 aromatic heterocycles. The number of hydrazine groups is 1. The van der Waals surface area contributed by atoms with E-state index in [-0.39, 0.29) is 12.1 Å². The van der Waals surface area contributed by atoms with E-state index < -0.39 is 5.91 Å². The van der Waals surface area contributed by atoms with Crippen molar-refractivity contribution in [2.45, 2.75) is 6.54 Å². The lowest BCUT2D eigenvalue weighted by Crippen LogP contribution is -2.29. The van der Waals surface area contributed by atoms with Crippen LogP contribution >= 0.6 is 11.3 Å². The maximum absolute atomic E-state index is 12.2. The molecule has 0 fully saturated rings. The van der Waals surface area contributed by atoms with Gasteiger partial charge in [0.25, 0.3) is 11.5 Å². The zero-order chi connectivity index (χ0) is 14.1. The van der Waals surface area contributed by atoms with Gasteiger partial charge < -0.3 is 8.98 Å². The molecule has 3 aromatic rings. The molecule has 102 valence electrons. The third-order valence-corrected chi connectivity index (χ3v) is 3.85. The predicted molar refractivity (Wildman–Crippen MR) is 75.5 cm³/mol. The van der Waals surface area contributed by atoms with Crippen LogP contribution in [0, 0.1) is 0 Å². The molecule has 3 rings (SSSR count). The average molecular weight is 289 g/mol. The number of hydrogen-bond acceptors (Lipinski definition) is 5. The Kier molecular flexibility index (Phi) is 3.13. The van der Waals surface area contributed by atoms with Crippen LogP contribution in [0.1, 0.15) is 16.1 Å². The highest BCUT2D eigenvalue weighted by Crippen LogP contribution is 2.17. The molecular weight excluding hydrogens is 278 g/mol. The van der Waals surface area contributed by atoms with Crippen LogP contribution in [-0.2, 0) is 6.54 Å². The van der Waals surface area contributed by atoms with Crippen LogP contribution in [0.4, 0.5) is 0 Å². The van der Waals surface area contributed by atoms with Gasteiger partial charge >= 0.3 is 0 Å². The minimum atomic E-state index is -0.430. The molecule has 3 N–H and O–H groups in total. The lowest BCUT2D eigenvalue weighted by molar-refractivity contribution is 0.0953. The minimum absolute atomic E-state index is 0.0787. The van der Waals surface area contributed by atoms with Gasteiger partial charge in [-0.1, -0.05) is 0 Å². The summed E-state index contributed by atoms with van der Waals surface area (Å²) in [6.45, 7) is 0.266. The molecule has 0 unspecified atom stereocenters. The Balaban J connectivity index is 1.93. The number of thiophene rings is 1. The first kappa shape index (κ1) is 12.6. The minimum Gasteiger partial charge on any atom is -0.467 e. The first-order chi connectivity index (χ1) is 9.69. The molecule has 3 heterocycles. The van der Waals surface area contributed by atoms with Crippen molar-refractivity contribution in [1.29, 1.82) is 0 Å². The second-order valence-electron chi connectivity index (χ2n) is 4.22. The van der Waals surface area contributed by atoms with Crippen molar-refractivity contribution in [2.75, 3.05) is 0 Å².